The van der Waals surface area contributed by atoms with E-state index in [4.69, 9.17) is 10.5 Å². The molecule has 0 saturated carbocycles. The zero-order chi connectivity index (χ0) is 8.97. The van der Waals surface area contributed by atoms with Gasteiger partial charge in [-0.1, -0.05) is 18.7 Å². The van der Waals surface area contributed by atoms with E-state index >= 15 is 0 Å². The van der Waals surface area contributed by atoms with Crippen LogP contribution in [-0.4, -0.2) is 27.8 Å². The number of thioether (sulfide) groups is 1. The number of nitrogen functional groups attached to an aromatic ring is 1. The number of anilines is 1. The van der Waals surface area contributed by atoms with Crippen LogP contribution in [0.1, 0.15) is 6.92 Å². The fraction of sp³-hybridized carbons (Fsp3) is 0.500. The quantitative estimate of drug-likeness (QED) is 0.696. The van der Waals surface area contributed by atoms with Crippen molar-refractivity contribution >= 4 is 17.7 Å². The van der Waals surface area contributed by atoms with Gasteiger partial charge < -0.3 is 10.5 Å². The number of nitrogens with zero attached hydrogens (tertiary/aromatic N) is 3. The maximum Gasteiger partial charge on any atom is 0.321 e. The molecular weight excluding hydrogens is 176 g/mol. The van der Waals surface area contributed by atoms with Gasteiger partial charge in [-0.15, -0.1) is 0 Å². The number of hydrogen-bond acceptors (Lipinski definition) is 6. The maximum atomic E-state index is 5.41. The number of nitrogens with two attached hydrogens (primary N) is 1. The molecule has 5 nitrogen and oxygen atoms in total. The first kappa shape index (κ1) is 9.05. The van der Waals surface area contributed by atoms with Crippen LogP contribution in [0.25, 0.3) is 0 Å². The van der Waals surface area contributed by atoms with E-state index in [1.54, 1.807) is 0 Å². The standard InChI is InChI=1S/C6H10N4OS/c1-3-12-6-9-4(7)8-5(10-6)11-2/h3H2,1-2H3,(H2,7,8,9,10). The van der Waals surface area contributed by atoms with Crippen LogP contribution in [0.15, 0.2) is 5.16 Å². The zero-order valence-electron chi connectivity index (χ0n) is 6.94. The lowest BCUT2D eigenvalue weighted by atomic mass is 10.9. The summed E-state index contributed by atoms with van der Waals surface area (Å²) in [6, 6.07) is 0.262. The summed E-state index contributed by atoms with van der Waals surface area (Å²) in [5.41, 5.74) is 5.41. The highest BCUT2D eigenvalue weighted by Crippen LogP contribution is 2.14. The molecule has 0 aliphatic carbocycles. The first-order chi connectivity index (χ1) is 5.76. The molecule has 0 unspecified atom stereocenters. The molecule has 0 amide bonds. The summed E-state index contributed by atoms with van der Waals surface area (Å²) in [4.78, 5) is 11.6. The molecule has 6 heteroatoms. The average molecular weight is 186 g/mol. The first-order valence-corrected chi connectivity index (χ1v) is 4.43. The van der Waals surface area contributed by atoms with Crippen molar-refractivity contribution in [2.75, 3.05) is 18.6 Å². The van der Waals surface area contributed by atoms with Crippen molar-refractivity contribution in [2.45, 2.75) is 12.1 Å². The Labute approximate surface area is 74.8 Å². The topological polar surface area (TPSA) is 73.9 Å². The molecule has 0 aliphatic heterocycles. The van der Waals surface area contributed by atoms with Crippen molar-refractivity contribution in [3.8, 4) is 6.01 Å². The summed E-state index contributed by atoms with van der Waals surface area (Å²) in [6.07, 6.45) is 0. The Kier molecular flexibility index (Phi) is 3.09. The van der Waals surface area contributed by atoms with E-state index < -0.39 is 0 Å². The highest BCUT2D eigenvalue weighted by atomic mass is 32.2. The molecule has 0 aromatic carbocycles. The Bertz CT molecular complexity index is 268. The van der Waals surface area contributed by atoms with Crippen LogP contribution in [0, 0.1) is 0 Å². The Morgan fingerprint density at radius 1 is 1.42 bits per heavy atom. The Morgan fingerprint density at radius 2 is 2.17 bits per heavy atom. The van der Waals surface area contributed by atoms with E-state index in [1.807, 2.05) is 6.92 Å². The molecule has 66 valence electrons. The number of hydrogen-bond donors (Lipinski definition) is 1. The van der Waals surface area contributed by atoms with Crippen LogP contribution >= 0.6 is 11.8 Å². The number of methoxy groups -OCH3 is 1. The van der Waals surface area contributed by atoms with Crippen molar-refractivity contribution in [3.63, 3.8) is 0 Å². The third-order valence-electron chi connectivity index (χ3n) is 1.07. The molecule has 0 spiro atoms. The van der Waals surface area contributed by atoms with Crippen molar-refractivity contribution in [1.82, 2.24) is 15.0 Å². The van der Waals surface area contributed by atoms with E-state index in [2.05, 4.69) is 15.0 Å². The minimum absolute atomic E-state index is 0.192. The molecule has 12 heavy (non-hydrogen) atoms. The fourth-order valence-electron chi connectivity index (χ4n) is 0.638. The number of rotatable bonds is 3. The molecule has 0 aliphatic rings. The second kappa shape index (κ2) is 4.10. The summed E-state index contributed by atoms with van der Waals surface area (Å²) in [7, 11) is 1.50. The van der Waals surface area contributed by atoms with Gasteiger partial charge in [0.15, 0.2) is 5.16 Å². The van der Waals surface area contributed by atoms with Crippen LogP contribution in [0.5, 0.6) is 6.01 Å². The first-order valence-electron chi connectivity index (χ1n) is 3.44. The highest BCUT2D eigenvalue weighted by molar-refractivity contribution is 7.99. The van der Waals surface area contributed by atoms with Crippen molar-refractivity contribution in [2.24, 2.45) is 0 Å². The van der Waals surface area contributed by atoms with Crippen molar-refractivity contribution in [3.05, 3.63) is 0 Å². The minimum Gasteiger partial charge on any atom is -0.467 e. The molecule has 0 bridgehead atoms. The lowest BCUT2D eigenvalue weighted by molar-refractivity contribution is 0.374. The second-order valence-corrected chi connectivity index (χ2v) is 3.13. The predicted molar refractivity (Wildman–Crippen MR) is 47.2 cm³/mol. The summed E-state index contributed by atoms with van der Waals surface area (Å²) in [5, 5.41) is 0.599. The van der Waals surface area contributed by atoms with Gasteiger partial charge in [-0.05, 0) is 5.75 Å². The van der Waals surface area contributed by atoms with Gasteiger partial charge in [0.1, 0.15) is 0 Å². The van der Waals surface area contributed by atoms with Crippen LogP contribution in [-0.2, 0) is 0 Å². The van der Waals surface area contributed by atoms with Gasteiger partial charge in [-0.2, -0.15) is 15.0 Å². The molecule has 0 radical (unpaired) electrons. The van der Waals surface area contributed by atoms with Crippen molar-refractivity contribution in [1.29, 1.82) is 0 Å². The summed E-state index contributed by atoms with van der Waals surface area (Å²) in [5.74, 6) is 1.09. The van der Waals surface area contributed by atoms with Gasteiger partial charge in [0.05, 0.1) is 7.11 Å². The van der Waals surface area contributed by atoms with Crippen molar-refractivity contribution < 1.29 is 4.74 Å². The molecule has 2 N–H and O–H groups in total. The van der Waals surface area contributed by atoms with Crippen LogP contribution in [0.2, 0.25) is 0 Å². The monoisotopic (exact) mass is 186 g/mol. The number of aromatic nitrogens is 3. The van der Waals surface area contributed by atoms with E-state index in [0.717, 1.165) is 5.75 Å². The second-order valence-electron chi connectivity index (χ2n) is 1.90. The van der Waals surface area contributed by atoms with Crippen LogP contribution < -0.4 is 10.5 Å². The Hall–Kier alpha value is -1.04. The van der Waals surface area contributed by atoms with Gasteiger partial charge >= 0.3 is 6.01 Å². The lowest BCUT2D eigenvalue weighted by Crippen LogP contribution is -2.01. The van der Waals surface area contributed by atoms with Gasteiger partial charge in [0.2, 0.25) is 5.95 Å². The summed E-state index contributed by atoms with van der Waals surface area (Å²) < 4.78 is 4.83. The van der Waals surface area contributed by atoms with E-state index in [9.17, 15) is 0 Å². The minimum atomic E-state index is 0.192. The van der Waals surface area contributed by atoms with E-state index in [0.29, 0.717) is 5.16 Å². The lowest BCUT2D eigenvalue weighted by Gasteiger charge is -2.00. The molecular formula is C6H10N4OS. The zero-order valence-corrected chi connectivity index (χ0v) is 7.76. The average Bonchev–Trinajstić information content (AvgIpc) is 2.04. The Morgan fingerprint density at radius 3 is 2.75 bits per heavy atom. The summed E-state index contributed by atoms with van der Waals surface area (Å²) in [6.45, 7) is 2.01. The molecule has 0 saturated heterocycles. The molecule has 1 aromatic rings. The molecule has 0 fully saturated rings. The smallest absolute Gasteiger partial charge is 0.321 e. The molecule has 0 atom stereocenters. The third-order valence-corrected chi connectivity index (χ3v) is 1.80. The highest BCUT2D eigenvalue weighted by Gasteiger charge is 2.02. The van der Waals surface area contributed by atoms with Gasteiger partial charge in [-0.3, -0.25) is 0 Å². The van der Waals surface area contributed by atoms with Crippen LogP contribution in [0.4, 0.5) is 5.95 Å². The predicted octanol–water partition coefficient (Wildman–Crippen LogP) is 0.574. The van der Waals surface area contributed by atoms with E-state index in [-0.39, 0.29) is 12.0 Å². The maximum absolute atomic E-state index is 5.41. The van der Waals surface area contributed by atoms with Gasteiger partial charge in [-0.25, -0.2) is 0 Å². The van der Waals surface area contributed by atoms with E-state index in [1.165, 1.54) is 18.9 Å². The Balaban J connectivity index is 2.90. The van der Waals surface area contributed by atoms with Crippen LogP contribution in [0.3, 0.4) is 0 Å². The SMILES string of the molecule is CCSc1nc(N)nc(OC)n1. The third kappa shape index (κ3) is 2.23. The largest absolute Gasteiger partial charge is 0.467 e. The normalized spacial score (nSPS) is 9.83. The van der Waals surface area contributed by atoms with Gasteiger partial charge in [0, 0.05) is 0 Å². The number of ether oxygens (including phenoxy) is 1. The fourth-order valence-corrected chi connectivity index (χ4v) is 1.20. The summed E-state index contributed by atoms with van der Waals surface area (Å²) >= 11 is 1.50. The molecule has 1 aromatic heterocycles. The van der Waals surface area contributed by atoms with Gasteiger partial charge in [0.25, 0.3) is 0 Å². The molecule has 1 rings (SSSR count). The molecule has 1 heterocycles.